The molecule has 1 unspecified atom stereocenters. The molecular formula is C14H21F2N. The molecular weight excluding hydrogens is 220 g/mol. The molecule has 1 rings (SSSR count). The van der Waals surface area contributed by atoms with Crippen LogP contribution in [0.3, 0.4) is 0 Å². The van der Waals surface area contributed by atoms with E-state index < -0.39 is 11.6 Å². The van der Waals surface area contributed by atoms with Crippen molar-refractivity contribution in [3.05, 3.63) is 29.8 Å². The van der Waals surface area contributed by atoms with Crippen molar-refractivity contribution in [2.24, 2.45) is 5.92 Å². The molecule has 1 aromatic rings. The number of anilines is 1. The Kier molecular flexibility index (Phi) is 5.95. The fraction of sp³-hybridized carbons (Fsp3) is 0.571. The zero-order chi connectivity index (χ0) is 12.7. The number of benzene rings is 1. The summed E-state index contributed by atoms with van der Waals surface area (Å²) in [5.41, 5.74) is 0.390. The topological polar surface area (TPSA) is 12.0 Å². The molecule has 1 N–H and O–H groups in total. The average molecular weight is 241 g/mol. The van der Waals surface area contributed by atoms with Gasteiger partial charge in [-0.15, -0.1) is 0 Å². The van der Waals surface area contributed by atoms with Crippen LogP contribution in [0.4, 0.5) is 14.5 Å². The van der Waals surface area contributed by atoms with Crippen LogP contribution >= 0.6 is 0 Å². The van der Waals surface area contributed by atoms with Gasteiger partial charge < -0.3 is 5.32 Å². The van der Waals surface area contributed by atoms with E-state index in [0.29, 0.717) is 11.6 Å². The van der Waals surface area contributed by atoms with E-state index in [1.807, 2.05) is 0 Å². The highest BCUT2D eigenvalue weighted by Crippen LogP contribution is 2.18. The molecule has 3 heteroatoms. The molecule has 1 aromatic carbocycles. The highest BCUT2D eigenvalue weighted by atomic mass is 19.1. The summed E-state index contributed by atoms with van der Waals surface area (Å²) in [6.07, 6.45) is 4.62. The second kappa shape index (κ2) is 7.25. The molecule has 0 aromatic heterocycles. The molecule has 0 radical (unpaired) electrons. The molecule has 0 saturated heterocycles. The Bertz CT molecular complexity index is 339. The summed E-state index contributed by atoms with van der Waals surface area (Å²) >= 11 is 0. The molecule has 0 saturated carbocycles. The Labute approximate surface area is 102 Å². The number of hydrogen-bond donors (Lipinski definition) is 1. The standard InChI is InChI=1S/C14H21F2N/c1-3-5-6-11(4-2)10-17-14-8-7-12(15)9-13(14)16/h7-9,11,17H,3-6,10H2,1-2H3. The van der Waals surface area contributed by atoms with E-state index in [1.54, 1.807) is 0 Å². The fourth-order valence-electron chi connectivity index (χ4n) is 1.83. The van der Waals surface area contributed by atoms with Crippen molar-refractivity contribution in [3.63, 3.8) is 0 Å². The lowest BCUT2D eigenvalue weighted by atomic mass is 9.99. The predicted molar refractivity (Wildman–Crippen MR) is 68.2 cm³/mol. The maximum absolute atomic E-state index is 13.4. The third-order valence-corrected chi connectivity index (χ3v) is 3.06. The first-order chi connectivity index (χ1) is 8.17. The van der Waals surface area contributed by atoms with E-state index in [-0.39, 0.29) is 0 Å². The zero-order valence-electron chi connectivity index (χ0n) is 10.6. The van der Waals surface area contributed by atoms with E-state index in [1.165, 1.54) is 25.0 Å². The van der Waals surface area contributed by atoms with Crippen LogP contribution in [0.5, 0.6) is 0 Å². The number of hydrogen-bond acceptors (Lipinski definition) is 1. The molecule has 17 heavy (non-hydrogen) atoms. The van der Waals surface area contributed by atoms with E-state index in [4.69, 9.17) is 0 Å². The maximum atomic E-state index is 13.4. The lowest BCUT2D eigenvalue weighted by molar-refractivity contribution is 0.471. The summed E-state index contributed by atoms with van der Waals surface area (Å²) in [7, 11) is 0. The van der Waals surface area contributed by atoms with Gasteiger partial charge in [0.25, 0.3) is 0 Å². The van der Waals surface area contributed by atoms with Gasteiger partial charge in [0, 0.05) is 12.6 Å². The largest absolute Gasteiger partial charge is 0.382 e. The summed E-state index contributed by atoms with van der Waals surface area (Å²) in [6, 6.07) is 3.64. The average Bonchev–Trinajstić information content (AvgIpc) is 2.31. The molecule has 0 aliphatic carbocycles. The molecule has 1 nitrogen and oxygen atoms in total. The van der Waals surface area contributed by atoms with Gasteiger partial charge >= 0.3 is 0 Å². The van der Waals surface area contributed by atoms with Crippen molar-refractivity contribution in [2.75, 3.05) is 11.9 Å². The third-order valence-electron chi connectivity index (χ3n) is 3.06. The Morgan fingerprint density at radius 2 is 2.00 bits per heavy atom. The van der Waals surface area contributed by atoms with Crippen molar-refractivity contribution in [2.45, 2.75) is 39.5 Å². The highest BCUT2D eigenvalue weighted by Gasteiger charge is 2.08. The third kappa shape index (κ3) is 4.72. The van der Waals surface area contributed by atoms with E-state index in [2.05, 4.69) is 19.2 Å². The number of nitrogens with one attached hydrogen (secondary N) is 1. The van der Waals surface area contributed by atoms with Crippen LogP contribution < -0.4 is 5.32 Å². The Morgan fingerprint density at radius 1 is 1.24 bits per heavy atom. The Morgan fingerprint density at radius 3 is 2.59 bits per heavy atom. The maximum Gasteiger partial charge on any atom is 0.149 e. The van der Waals surface area contributed by atoms with Crippen LogP contribution in [0, 0.1) is 17.6 Å². The minimum Gasteiger partial charge on any atom is -0.382 e. The van der Waals surface area contributed by atoms with Crippen LogP contribution in [0.2, 0.25) is 0 Å². The summed E-state index contributed by atoms with van der Waals surface area (Å²) in [5.74, 6) is -0.499. The molecule has 0 aliphatic rings. The van der Waals surface area contributed by atoms with Gasteiger partial charge in [-0.2, -0.15) is 0 Å². The smallest absolute Gasteiger partial charge is 0.149 e. The second-order valence-corrected chi connectivity index (χ2v) is 4.42. The van der Waals surface area contributed by atoms with Crippen molar-refractivity contribution >= 4 is 5.69 Å². The molecule has 0 fully saturated rings. The van der Waals surface area contributed by atoms with Crippen molar-refractivity contribution in [1.82, 2.24) is 0 Å². The Hall–Kier alpha value is -1.12. The second-order valence-electron chi connectivity index (χ2n) is 4.42. The SMILES string of the molecule is CCCCC(CC)CNc1ccc(F)cc1F. The summed E-state index contributed by atoms with van der Waals surface area (Å²) < 4.78 is 26.1. The highest BCUT2D eigenvalue weighted by molar-refractivity contribution is 5.44. The molecule has 0 spiro atoms. The molecule has 96 valence electrons. The number of unbranched alkanes of at least 4 members (excludes halogenated alkanes) is 1. The van der Waals surface area contributed by atoms with Gasteiger partial charge in [0.15, 0.2) is 0 Å². The summed E-state index contributed by atoms with van der Waals surface area (Å²) in [4.78, 5) is 0. The van der Waals surface area contributed by atoms with Gasteiger partial charge in [0.05, 0.1) is 5.69 Å². The summed E-state index contributed by atoms with van der Waals surface area (Å²) in [6.45, 7) is 5.06. The normalized spacial score (nSPS) is 12.5. The first-order valence-corrected chi connectivity index (χ1v) is 6.36. The van der Waals surface area contributed by atoms with Crippen LogP contribution in [-0.4, -0.2) is 6.54 Å². The van der Waals surface area contributed by atoms with E-state index in [0.717, 1.165) is 25.5 Å². The number of rotatable bonds is 7. The number of halogens is 2. The lowest BCUT2D eigenvalue weighted by Gasteiger charge is -2.16. The quantitative estimate of drug-likeness (QED) is 0.736. The molecule has 0 bridgehead atoms. The fourth-order valence-corrected chi connectivity index (χ4v) is 1.83. The van der Waals surface area contributed by atoms with E-state index >= 15 is 0 Å². The Balaban J connectivity index is 2.47. The minimum absolute atomic E-state index is 0.390. The van der Waals surface area contributed by atoms with Gasteiger partial charge in [-0.05, 0) is 24.5 Å². The van der Waals surface area contributed by atoms with Crippen molar-refractivity contribution in [3.8, 4) is 0 Å². The predicted octanol–water partition coefficient (Wildman–Crippen LogP) is 4.59. The van der Waals surface area contributed by atoms with Crippen LogP contribution in [0.25, 0.3) is 0 Å². The van der Waals surface area contributed by atoms with Gasteiger partial charge in [-0.25, -0.2) is 8.78 Å². The van der Waals surface area contributed by atoms with Gasteiger partial charge in [0.1, 0.15) is 11.6 Å². The minimum atomic E-state index is -0.536. The van der Waals surface area contributed by atoms with Gasteiger partial charge in [-0.1, -0.05) is 33.1 Å². The van der Waals surface area contributed by atoms with E-state index in [9.17, 15) is 8.78 Å². The molecule has 1 atom stereocenters. The lowest BCUT2D eigenvalue weighted by Crippen LogP contribution is -2.14. The molecule has 0 amide bonds. The van der Waals surface area contributed by atoms with Gasteiger partial charge in [-0.3, -0.25) is 0 Å². The molecule has 0 heterocycles. The van der Waals surface area contributed by atoms with Crippen LogP contribution in [0.1, 0.15) is 39.5 Å². The van der Waals surface area contributed by atoms with Crippen LogP contribution in [0.15, 0.2) is 18.2 Å². The van der Waals surface area contributed by atoms with Crippen LogP contribution in [-0.2, 0) is 0 Å². The van der Waals surface area contributed by atoms with Crippen molar-refractivity contribution < 1.29 is 8.78 Å². The summed E-state index contributed by atoms with van der Waals surface area (Å²) in [5, 5.41) is 3.06. The van der Waals surface area contributed by atoms with Crippen molar-refractivity contribution in [1.29, 1.82) is 0 Å². The first kappa shape index (κ1) is 13.9. The van der Waals surface area contributed by atoms with Gasteiger partial charge in [0.2, 0.25) is 0 Å². The molecule has 0 aliphatic heterocycles. The first-order valence-electron chi connectivity index (χ1n) is 6.36. The monoisotopic (exact) mass is 241 g/mol. The zero-order valence-corrected chi connectivity index (χ0v) is 10.6.